The van der Waals surface area contributed by atoms with Crippen molar-refractivity contribution in [2.45, 2.75) is 31.3 Å². The zero-order valence-electron chi connectivity index (χ0n) is 13.1. The highest BCUT2D eigenvalue weighted by Gasteiger charge is 2.36. The number of carbonyl (C=O) groups excluding carboxylic acids is 1. The Hall–Kier alpha value is -2.27. The summed E-state index contributed by atoms with van der Waals surface area (Å²) in [5.74, 6) is 0.143. The Morgan fingerprint density at radius 2 is 1.87 bits per heavy atom. The standard InChI is InChI=1S/C18H21N3O2/c22-17(5-4-15-6-11-19-12-7-15)21-13-8-18(23,9-14-21)16-3-1-2-10-20-16/h1-3,6-7,10-12,23H,4-5,8-9,13-14H2. The van der Waals surface area contributed by atoms with Crippen LogP contribution in [0.15, 0.2) is 48.9 Å². The fourth-order valence-corrected chi connectivity index (χ4v) is 2.98. The van der Waals surface area contributed by atoms with Gasteiger partial charge in [-0.2, -0.15) is 0 Å². The summed E-state index contributed by atoms with van der Waals surface area (Å²) in [6, 6.07) is 9.44. The quantitative estimate of drug-likeness (QED) is 0.937. The van der Waals surface area contributed by atoms with E-state index in [0.29, 0.717) is 38.0 Å². The van der Waals surface area contributed by atoms with Crippen molar-refractivity contribution in [1.29, 1.82) is 0 Å². The van der Waals surface area contributed by atoms with Crippen LogP contribution in [0.5, 0.6) is 0 Å². The van der Waals surface area contributed by atoms with Crippen molar-refractivity contribution in [3.05, 3.63) is 60.2 Å². The fourth-order valence-electron chi connectivity index (χ4n) is 2.98. The van der Waals surface area contributed by atoms with E-state index in [1.807, 2.05) is 35.2 Å². The lowest BCUT2D eigenvalue weighted by Crippen LogP contribution is -2.45. The molecule has 1 amide bonds. The third-order valence-electron chi connectivity index (χ3n) is 4.46. The second-order valence-electron chi connectivity index (χ2n) is 5.98. The number of aryl methyl sites for hydroxylation is 1. The summed E-state index contributed by atoms with van der Waals surface area (Å²) in [6.45, 7) is 1.14. The molecule has 2 aromatic heterocycles. The van der Waals surface area contributed by atoms with Crippen molar-refractivity contribution in [3.63, 3.8) is 0 Å². The molecule has 120 valence electrons. The van der Waals surface area contributed by atoms with Gasteiger partial charge in [-0.15, -0.1) is 0 Å². The fraction of sp³-hybridized carbons (Fsp3) is 0.389. The largest absolute Gasteiger partial charge is 0.383 e. The van der Waals surface area contributed by atoms with E-state index in [0.717, 1.165) is 12.0 Å². The summed E-state index contributed by atoms with van der Waals surface area (Å²) in [7, 11) is 0. The molecule has 5 heteroatoms. The van der Waals surface area contributed by atoms with Gasteiger partial charge in [0.25, 0.3) is 0 Å². The first-order valence-electron chi connectivity index (χ1n) is 7.98. The Bertz CT molecular complexity index is 638. The second-order valence-corrected chi connectivity index (χ2v) is 5.98. The van der Waals surface area contributed by atoms with E-state index in [4.69, 9.17) is 0 Å². The van der Waals surface area contributed by atoms with Crippen molar-refractivity contribution < 1.29 is 9.90 Å². The van der Waals surface area contributed by atoms with Crippen LogP contribution in [0.1, 0.15) is 30.5 Å². The minimum absolute atomic E-state index is 0.143. The first-order valence-corrected chi connectivity index (χ1v) is 7.98. The Kier molecular flexibility index (Phi) is 4.67. The average Bonchev–Trinajstić information content (AvgIpc) is 2.62. The van der Waals surface area contributed by atoms with E-state index in [1.165, 1.54) is 0 Å². The van der Waals surface area contributed by atoms with Crippen LogP contribution in [0, 0.1) is 0 Å². The maximum Gasteiger partial charge on any atom is 0.222 e. The lowest BCUT2D eigenvalue weighted by molar-refractivity contribution is -0.135. The van der Waals surface area contributed by atoms with Gasteiger partial charge in [0.15, 0.2) is 0 Å². The first kappa shape index (κ1) is 15.6. The summed E-state index contributed by atoms with van der Waals surface area (Å²) in [4.78, 5) is 22.4. The maximum absolute atomic E-state index is 12.3. The minimum atomic E-state index is -0.914. The summed E-state index contributed by atoms with van der Waals surface area (Å²) in [5.41, 5.74) is 0.905. The van der Waals surface area contributed by atoms with Crippen LogP contribution in [0.3, 0.4) is 0 Å². The van der Waals surface area contributed by atoms with Crippen LogP contribution in [0.25, 0.3) is 0 Å². The number of hydrogen-bond acceptors (Lipinski definition) is 4. The Morgan fingerprint density at radius 1 is 1.13 bits per heavy atom. The molecule has 0 radical (unpaired) electrons. The number of hydrogen-bond donors (Lipinski definition) is 1. The van der Waals surface area contributed by atoms with Gasteiger partial charge in [0.2, 0.25) is 5.91 Å². The van der Waals surface area contributed by atoms with Crippen molar-refractivity contribution in [3.8, 4) is 0 Å². The predicted molar refractivity (Wildman–Crippen MR) is 86.5 cm³/mol. The summed E-state index contributed by atoms with van der Waals surface area (Å²) < 4.78 is 0. The molecule has 0 saturated carbocycles. The minimum Gasteiger partial charge on any atom is -0.383 e. The topological polar surface area (TPSA) is 66.3 Å². The van der Waals surface area contributed by atoms with Gasteiger partial charge in [-0.05, 0) is 49.1 Å². The third kappa shape index (κ3) is 3.74. The highest BCUT2D eigenvalue weighted by atomic mass is 16.3. The maximum atomic E-state index is 12.3. The molecular formula is C18H21N3O2. The number of aliphatic hydroxyl groups is 1. The molecule has 3 rings (SSSR count). The van der Waals surface area contributed by atoms with Gasteiger partial charge in [0, 0.05) is 38.1 Å². The number of aromatic nitrogens is 2. The Balaban J connectivity index is 1.53. The molecular weight excluding hydrogens is 290 g/mol. The van der Waals surface area contributed by atoms with Crippen molar-refractivity contribution in [2.24, 2.45) is 0 Å². The van der Waals surface area contributed by atoms with E-state index in [2.05, 4.69) is 9.97 Å². The predicted octanol–water partition coefficient (Wildman–Crippen LogP) is 1.92. The van der Waals surface area contributed by atoms with E-state index >= 15 is 0 Å². The van der Waals surface area contributed by atoms with Gasteiger partial charge < -0.3 is 10.0 Å². The molecule has 1 fully saturated rings. The zero-order chi connectivity index (χ0) is 16.1. The number of likely N-dealkylation sites (tertiary alicyclic amines) is 1. The second kappa shape index (κ2) is 6.87. The normalized spacial score (nSPS) is 17.0. The van der Waals surface area contributed by atoms with Gasteiger partial charge in [-0.1, -0.05) is 6.07 Å². The van der Waals surface area contributed by atoms with Crippen molar-refractivity contribution in [2.75, 3.05) is 13.1 Å². The molecule has 2 aromatic rings. The summed E-state index contributed by atoms with van der Waals surface area (Å²) in [6.07, 6.45) is 7.46. The molecule has 23 heavy (non-hydrogen) atoms. The number of rotatable bonds is 4. The summed E-state index contributed by atoms with van der Waals surface area (Å²) >= 11 is 0. The molecule has 0 atom stereocenters. The van der Waals surface area contributed by atoms with Crippen molar-refractivity contribution >= 4 is 5.91 Å². The molecule has 5 nitrogen and oxygen atoms in total. The number of piperidine rings is 1. The van der Waals surface area contributed by atoms with E-state index in [-0.39, 0.29) is 5.91 Å². The summed E-state index contributed by atoms with van der Waals surface area (Å²) in [5, 5.41) is 10.7. The Morgan fingerprint density at radius 3 is 2.52 bits per heavy atom. The van der Waals surface area contributed by atoms with Crippen LogP contribution in [0.2, 0.25) is 0 Å². The average molecular weight is 311 g/mol. The highest BCUT2D eigenvalue weighted by molar-refractivity contribution is 5.76. The molecule has 1 aliphatic rings. The zero-order valence-corrected chi connectivity index (χ0v) is 13.1. The van der Waals surface area contributed by atoms with Crippen molar-refractivity contribution in [1.82, 2.24) is 14.9 Å². The molecule has 1 aliphatic heterocycles. The van der Waals surface area contributed by atoms with Gasteiger partial charge in [-0.3, -0.25) is 14.8 Å². The smallest absolute Gasteiger partial charge is 0.222 e. The van der Waals surface area contributed by atoms with Crippen LogP contribution in [-0.4, -0.2) is 39.0 Å². The van der Waals surface area contributed by atoms with Crippen LogP contribution < -0.4 is 0 Å². The van der Waals surface area contributed by atoms with E-state index in [1.54, 1.807) is 18.6 Å². The monoisotopic (exact) mass is 311 g/mol. The van der Waals surface area contributed by atoms with E-state index < -0.39 is 5.60 Å². The van der Waals surface area contributed by atoms with Crippen LogP contribution in [-0.2, 0) is 16.8 Å². The molecule has 0 aromatic carbocycles. The van der Waals surface area contributed by atoms with Gasteiger partial charge in [0.1, 0.15) is 5.60 Å². The molecule has 0 unspecified atom stereocenters. The van der Waals surface area contributed by atoms with Gasteiger partial charge >= 0.3 is 0 Å². The molecule has 1 N–H and O–H groups in total. The molecule has 0 aliphatic carbocycles. The Labute approximate surface area is 136 Å². The number of amides is 1. The van der Waals surface area contributed by atoms with Gasteiger partial charge in [-0.25, -0.2) is 0 Å². The number of carbonyl (C=O) groups is 1. The van der Waals surface area contributed by atoms with Crippen LogP contribution in [0.4, 0.5) is 0 Å². The molecule has 0 bridgehead atoms. The number of nitrogens with zero attached hydrogens (tertiary/aromatic N) is 3. The highest BCUT2D eigenvalue weighted by Crippen LogP contribution is 2.31. The lowest BCUT2D eigenvalue weighted by atomic mass is 9.87. The van der Waals surface area contributed by atoms with Crippen LogP contribution >= 0.6 is 0 Å². The molecule has 1 saturated heterocycles. The molecule has 0 spiro atoms. The van der Waals surface area contributed by atoms with Gasteiger partial charge in [0.05, 0.1) is 5.69 Å². The third-order valence-corrected chi connectivity index (χ3v) is 4.46. The molecule has 3 heterocycles. The first-order chi connectivity index (χ1) is 11.2. The number of pyridine rings is 2. The lowest BCUT2D eigenvalue weighted by Gasteiger charge is -2.37. The van der Waals surface area contributed by atoms with E-state index in [9.17, 15) is 9.90 Å². The SMILES string of the molecule is O=C(CCc1ccncc1)N1CCC(O)(c2ccccn2)CC1.